The summed E-state index contributed by atoms with van der Waals surface area (Å²) in [4.78, 5) is 23.1. The number of benzene rings is 1. The van der Waals surface area contributed by atoms with E-state index in [4.69, 9.17) is 30.5 Å². The maximum Gasteiger partial charge on any atom is 0.296 e. The first-order chi connectivity index (χ1) is 17.7. The van der Waals surface area contributed by atoms with E-state index in [9.17, 15) is 27.5 Å². The highest BCUT2D eigenvalue weighted by Gasteiger charge is 2.48. The molecule has 3 N–H and O–H groups in total. The molecule has 0 aliphatic carbocycles. The van der Waals surface area contributed by atoms with Gasteiger partial charge in [0.25, 0.3) is 18.3 Å². The number of alkyl halides is 2. The van der Waals surface area contributed by atoms with Crippen molar-refractivity contribution < 1.29 is 46.4 Å². The van der Waals surface area contributed by atoms with Gasteiger partial charge in [0.1, 0.15) is 41.6 Å². The molecular formula is C22H19ClF4N4O6. The van der Waals surface area contributed by atoms with Crippen molar-refractivity contribution in [3.8, 4) is 11.9 Å². The number of halogens is 5. The topological polar surface area (TPSA) is 128 Å². The Bertz CT molecular complexity index is 1300. The van der Waals surface area contributed by atoms with Gasteiger partial charge in [-0.15, -0.1) is 0 Å². The zero-order valence-electron chi connectivity index (χ0n) is 18.7. The number of aliphatic hydroxyl groups excluding tert-OH is 1. The molecule has 15 heteroatoms. The third-order valence-electron chi connectivity index (χ3n) is 5.79. The first-order valence-corrected chi connectivity index (χ1v) is 11.4. The van der Waals surface area contributed by atoms with E-state index in [0.717, 1.165) is 0 Å². The minimum atomic E-state index is -2.81. The largest absolute Gasteiger partial charge is 0.471 e. The van der Waals surface area contributed by atoms with Crippen LogP contribution in [-0.2, 0) is 16.1 Å². The van der Waals surface area contributed by atoms with Crippen LogP contribution in [0.3, 0.4) is 0 Å². The Morgan fingerprint density at radius 2 is 1.92 bits per heavy atom. The Morgan fingerprint density at radius 1 is 1.19 bits per heavy atom. The van der Waals surface area contributed by atoms with E-state index in [1.54, 1.807) is 0 Å². The summed E-state index contributed by atoms with van der Waals surface area (Å²) in [6, 6.07) is 2.95. The van der Waals surface area contributed by atoms with Crippen molar-refractivity contribution in [2.24, 2.45) is 0 Å². The summed E-state index contributed by atoms with van der Waals surface area (Å²) in [6.07, 6.45) is -4.99. The fourth-order valence-electron chi connectivity index (χ4n) is 4.01. The predicted octanol–water partition coefficient (Wildman–Crippen LogP) is 2.37. The molecule has 4 heterocycles. The van der Waals surface area contributed by atoms with Crippen molar-refractivity contribution in [2.75, 3.05) is 19.8 Å². The Hall–Kier alpha value is -3.20. The summed E-state index contributed by atoms with van der Waals surface area (Å²) in [7, 11) is 0. The molecule has 1 unspecified atom stereocenters. The van der Waals surface area contributed by atoms with Gasteiger partial charge < -0.3 is 34.4 Å². The van der Waals surface area contributed by atoms with Crippen molar-refractivity contribution in [1.29, 1.82) is 0 Å². The van der Waals surface area contributed by atoms with E-state index in [0.29, 0.717) is 17.6 Å². The molecule has 0 spiro atoms. The van der Waals surface area contributed by atoms with Gasteiger partial charge in [0.15, 0.2) is 11.8 Å². The van der Waals surface area contributed by atoms with Gasteiger partial charge in [-0.25, -0.2) is 17.6 Å². The smallest absolute Gasteiger partial charge is 0.296 e. The van der Waals surface area contributed by atoms with E-state index in [2.05, 4.69) is 15.0 Å². The predicted molar refractivity (Wildman–Crippen MR) is 118 cm³/mol. The average molecular weight is 547 g/mol. The summed E-state index contributed by atoms with van der Waals surface area (Å²) >= 11 is 6.20. The average Bonchev–Trinajstić information content (AvgIpc) is 3.53. The molecule has 4 atom stereocenters. The molecule has 0 saturated carbocycles. The second-order valence-corrected chi connectivity index (χ2v) is 8.72. The van der Waals surface area contributed by atoms with Crippen molar-refractivity contribution in [3.05, 3.63) is 46.0 Å². The van der Waals surface area contributed by atoms with Gasteiger partial charge in [0.2, 0.25) is 5.88 Å². The lowest BCUT2D eigenvalue weighted by Gasteiger charge is -2.15. The number of amides is 1. The molecule has 1 aromatic carbocycles. The second kappa shape index (κ2) is 10.3. The van der Waals surface area contributed by atoms with Gasteiger partial charge in [-0.2, -0.15) is 9.97 Å². The van der Waals surface area contributed by atoms with Gasteiger partial charge in [0, 0.05) is 5.56 Å². The normalized spacial score (nSPS) is 23.0. The molecule has 1 amide bonds. The number of ether oxygens (including phenoxy) is 4. The molecule has 198 valence electrons. The highest BCUT2D eigenvalue weighted by Crippen LogP contribution is 2.31. The Kier molecular flexibility index (Phi) is 7.07. The number of nitrogens with zero attached hydrogens (tertiary/aromatic N) is 2. The number of H-pyrrole nitrogens is 1. The van der Waals surface area contributed by atoms with Crippen LogP contribution in [-0.4, -0.2) is 76.6 Å². The lowest BCUT2D eigenvalue weighted by molar-refractivity contribution is 0.00706. The van der Waals surface area contributed by atoms with Gasteiger partial charge in [-0.1, -0.05) is 11.6 Å². The first-order valence-electron chi connectivity index (χ1n) is 11.0. The van der Waals surface area contributed by atoms with Crippen molar-refractivity contribution in [2.45, 2.75) is 37.4 Å². The number of carbonyl (C=O) groups is 1. The minimum absolute atomic E-state index is 0.0121. The number of carbonyl (C=O) groups excluding carboxylic acids is 1. The number of hydrogen-bond donors (Lipinski definition) is 3. The fraction of sp³-hybridized carbons (Fsp3) is 0.409. The molecule has 37 heavy (non-hydrogen) atoms. The summed E-state index contributed by atoms with van der Waals surface area (Å²) in [5.41, 5.74) is -0.447. The van der Waals surface area contributed by atoms with Gasteiger partial charge in [-0.3, -0.25) is 4.79 Å². The third kappa shape index (κ3) is 5.28. The standard InChI is InChI=1S/C22H19ClF4N4O6/c23-10-3-13-19(31-22(29-13)37-15-7-35-17-14(32)6-34-18(15)17)30-21(10)36-5-9-11(24)1-8(2-12(9)25)20(33)28-4-16(26)27/h1-3,14-18,32H,4-7H2,(H,28,33)(H,29,30,31)/t14-,15-,17?,18-/m1/s1. The lowest BCUT2D eigenvalue weighted by Crippen LogP contribution is -2.34. The molecule has 2 fully saturated rings. The number of aromatic amines is 1. The summed E-state index contributed by atoms with van der Waals surface area (Å²) in [5, 5.41) is 11.7. The molecule has 0 radical (unpaired) electrons. The van der Waals surface area contributed by atoms with E-state index in [-0.39, 0.29) is 35.8 Å². The van der Waals surface area contributed by atoms with Crippen LogP contribution in [0.1, 0.15) is 15.9 Å². The molecule has 10 nitrogen and oxygen atoms in total. The van der Waals surface area contributed by atoms with Gasteiger partial charge in [0.05, 0.1) is 30.8 Å². The molecule has 2 aromatic heterocycles. The fourth-order valence-corrected chi connectivity index (χ4v) is 4.22. The first kappa shape index (κ1) is 25.4. The number of pyridine rings is 1. The van der Waals surface area contributed by atoms with E-state index >= 15 is 0 Å². The zero-order valence-corrected chi connectivity index (χ0v) is 19.5. The van der Waals surface area contributed by atoms with Gasteiger partial charge >= 0.3 is 0 Å². The van der Waals surface area contributed by atoms with Crippen LogP contribution >= 0.6 is 11.6 Å². The SMILES string of the molecule is O=C(NCC(F)F)c1cc(F)c(COc2nc3nc(O[C@@H]4COC5[C@H](O)CO[C@@H]54)[nH]c3cc2Cl)c(F)c1. The van der Waals surface area contributed by atoms with Crippen LogP contribution in [0.15, 0.2) is 18.2 Å². The van der Waals surface area contributed by atoms with Crippen molar-refractivity contribution >= 4 is 28.7 Å². The quantitative estimate of drug-likeness (QED) is 0.368. The Morgan fingerprint density at radius 3 is 2.65 bits per heavy atom. The van der Waals surface area contributed by atoms with E-state index in [1.807, 2.05) is 5.32 Å². The van der Waals surface area contributed by atoms with Crippen molar-refractivity contribution in [3.63, 3.8) is 0 Å². The van der Waals surface area contributed by atoms with Crippen LogP contribution in [0.5, 0.6) is 11.9 Å². The summed E-state index contributed by atoms with van der Waals surface area (Å²) in [6.45, 7) is -1.25. The second-order valence-electron chi connectivity index (χ2n) is 8.32. The van der Waals surface area contributed by atoms with Crippen LogP contribution in [0.2, 0.25) is 5.02 Å². The lowest BCUT2D eigenvalue weighted by atomic mass is 10.1. The number of hydrogen-bond acceptors (Lipinski definition) is 8. The molecule has 3 aromatic rings. The minimum Gasteiger partial charge on any atom is -0.471 e. The monoisotopic (exact) mass is 546 g/mol. The highest BCUT2D eigenvalue weighted by molar-refractivity contribution is 6.32. The number of rotatable bonds is 8. The summed E-state index contributed by atoms with van der Waals surface area (Å²) in [5.74, 6) is -3.46. The number of fused-ring (bicyclic) bond motifs is 2. The van der Waals surface area contributed by atoms with Crippen LogP contribution in [0, 0.1) is 11.6 Å². The Labute approximate surface area is 210 Å². The van der Waals surface area contributed by atoms with Gasteiger partial charge in [-0.05, 0) is 18.2 Å². The Balaban J connectivity index is 1.27. The molecule has 0 bridgehead atoms. The number of aromatic nitrogens is 3. The molecule has 2 saturated heterocycles. The molecule has 5 rings (SSSR count). The number of imidazole rings is 1. The van der Waals surface area contributed by atoms with E-state index in [1.165, 1.54) is 6.07 Å². The highest BCUT2D eigenvalue weighted by atomic mass is 35.5. The summed E-state index contributed by atoms with van der Waals surface area (Å²) < 4.78 is 75.7. The van der Waals surface area contributed by atoms with Crippen LogP contribution in [0.4, 0.5) is 17.6 Å². The third-order valence-corrected chi connectivity index (χ3v) is 6.06. The number of aliphatic hydroxyl groups is 1. The zero-order chi connectivity index (χ0) is 26.3. The number of nitrogens with one attached hydrogen (secondary N) is 2. The van der Waals surface area contributed by atoms with Crippen LogP contribution < -0.4 is 14.8 Å². The maximum atomic E-state index is 14.5. The van der Waals surface area contributed by atoms with E-state index < -0.39 is 72.7 Å². The van der Waals surface area contributed by atoms with Crippen LogP contribution in [0.25, 0.3) is 11.2 Å². The molecular weight excluding hydrogens is 528 g/mol. The molecule has 2 aliphatic rings. The maximum absolute atomic E-state index is 14.5. The van der Waals surface area contributed by atoms with Crippen molar-refractivity contribution in [1.82, 2.24) is 20.3 Å². The molecule has 2 aliphatic heterocycles.